The highest BCUT2D eigenvalue weighted by molar-refractivity contribution is 5.76. The Morgan fingerprint density at radius 3 is 2.71 bits per heavy atom. The van der Waals surface area contributed by atoms with Crippen LogP contribution in [0.2, 0.25) is 0 Å². The third-order valence-electron chi connectivity index (χ3n) is 5.06. The molecule has 0 aromatic carbocycles. The number of hydrogen-bond donors (Lipinski definition) is 2. The highest BCUT2D eigenvalue weighted by Crippen LogP contribution is 2.22. The Morgan fingerprint density at radius 2 is 2.05 bits per heavy atom. The first-order valence-electron chi connectivity index (χ1n) is 8.85. The van der Waals surface area contributed by atoms with Gasteiger partial charge in [-0.25, -0.2) is 0 Å². The summed E-state index contributed by atoms with van der Waals surface area (Å²) in [6.45, 7) is 11.1. The first-order chi connectivity index (χ1) is 10.1. The summed E-state index contributed by atoms with van der Waals surface area (Å²) in [6, 6.07) is 0. The molecule has 2 N–H and O–H groups in total. The Bertz CT molecular complexity index is 309. The lowest BCUT2D eigenvalue weighted by atomic mass is 9.85. The number of hydrogen-bond acceptors (Lipinski definition) is 3. The van der Waals surface area contributed by atoms with Crippen molar-refractivity contribution in [3.63, 3.8) is 0 Å². The highest BCUT2D eigenvalue weighted by atomic mass is 16.1. The Morgan fingerprint density at radius 1 is 1.29 bits per heavy atom. The third-order valence-corrected chi connectivity index (χ3v) is 5.06. The predicted molar refractivity (Wildman–Crippen MR) is 87.2 cm³/mol. The van der Waals surface area contributed by atoms with Crippen molar-refractivity contribution in [3.05, 3.63) is 0 Å². The number of piperidine rings is 1. The van der Waals surface area contributed by atoms with E-state index in [9.17, 15) is 4.79 Å². The van der Waals surface area contributed by atoms with E-state index in [-0.39, 0.29) is 5.91 Å². The summed E-state index contributed by atoms with van der Waals surface area (Å²) in [5.74, 6) is 1.96. The molecule has 0 bridgehead atoms. The van der Waals surface area contributed by atoms with Crippen LogP contribution in [0.5, 0.6) is 0 Å². The van der Waals surface area contributed by atoms with Crippen molar-refractivity contribution in [2.45, 2.75) is 46.0 Å². The molecule has 0 saturated carbocycles. The number of rotatable bonds is 7. The van der Waals surface area contributed by atoms with Crippen LogP contribution >= 0.6 is 0 Å². The van der Waals surface area contributed by atoms with Crippen molar-refractivity contribution >= 4 is 5.91 Å². The van der Waals surface area contributed by atoms with E-state index < -0.39 is 0 Å². The Kier molecular flexibility index (Phi) is 6.97. The second-order valence-corrected chi connectivity index (χ2v) is 7.20. The maximum absolute atomic E-state index is 12.1. The SMILES string of the molecule is CC(CNC(=O)CC(C)C1CCCNC1)CN1CCCC1. The molecule has 2 aliphatic heterocycles. The molecule has 21 heavy (non-hydrogen) atoms. The van der Waals surface area contributed by atoms with Crippen LogP contribution in [0.4, 0.5) is 0 Å². The van der Waals surface area contributed by atoms with Crippen LogP contribution in [-0.4, -0.2) is 50.1 Å². The van der Waals surface area contributed by atoms with E-state index in [1.54, 1.807) is 0 Å². The van der Waals surface area contributed by atoms with Crippen LogP contribution in [0.3, 0.4) is 0 Å². The lowest BCUT2D eigenvalue weighted by molar-refractivity contribution is -0.122. The van der Waals surface area contributed by atoms with Gasteiger partial charge >= 0.3 is 0 Å². The summed E-state index contributed by atoms with van der Waals surface area (Å²) in [5.41, 5.74) is 0. The van der Waals surface area contributed by atoms with Gasteiger partial charge < -0.3 is 15.5 Å². The summed E-state index contributed by atoms with van der Waals surface area (Å²) in [5, 5.41) is 6.58. The number of likely N-dealkylation sites (tertiary alicyclic amines) is 1. The summed E-state index contributed by atoms with van der Waals surface area (Å²) in [4.78, 5) is 14.6. The molecule has 2 heterocycles. The van der Waals surface area contributed by atoms with Gasteiger partial charge in [-0.3, -0.25) is 4.79 Å². The van der Waals surface area contributed by atoms with E-state index in [4.69, 9.17) is 0 Å². The minimum Gasteiger partial charge on any atom is -0.356 e. The monoisotopic (exact) mass is 295 g/mol. The van der Waals surface area contributed by atoms with Gasteiger partial charge in [-0.05, 0) is 69.6 Å². The molecule has 2 saturated heterocycles. The molecule has 4 heteroatoms. The van der Waals surface area contributed by atoms with E-state index in [2.05, 4.69) is 29.4 Å². The van der Waals surface area contributed by atoms with Crippen molar-refractivity contribution in [1.29, 1.82) is 0 Å². The predicted octanol–water partition coefficient (Wildman–Crippen LogP) is 1.86. The van der Waals surface area contributed by atoms with E-state index in [1.807, 2.05) is 0 Å². The minimum absolute atomic E-state index is 0.237. The molecular formula is C17H33N3O. The summed E-state index contributed by atoms with van der Waals surface area (Å²) in [6.07, 6.45) is 5.89. The number of nitrogens with zero attached hydrogens (tertiary/aromatic N) is 1. The highest BCUT2D eigenvalue weighted by Gasteiger charge is 2.22. The van der Waals surface area contributed by atoms with Crippen LogP contribution in [0.15, 0.2) is 0 Å². The summed E-state index contributed by atoms with van der Waals surface area (Å²) < 4.78 is 0. The molecule has 0 aromatic rings. The minimum atomic E-state index is 0.237. The first-order valence-corrected chi connectivity index (χ1v) is 8.85. The molecule has 2 aliphatic rings. The molecule has 2 fully saturated rings. The van der Waals surface area contributed by atoms with Gasteiger partial charge in [-0.15, -0.1) is 0 Å². The maximum atomic E-state index is 12.1. The van der Waals surface area contributed by atoms with Crippen LogP contribution < -0.4 is 10.6 Å². The zero-order chi connectivity index (χ0) is 15.1. The first kappa shape index (κ1) is 16.8. The topological polar surface area (TPSA) is 44.4 Å². The molecule has 0 spiro atoms. The number of nitrogens with one attached hydrogen (secondary N) is 2. The van der Waals surface area contributed by atoms with Crippen molar-refractivity contribution in [2.24, 2.45) is 17.8 Å². The van der Waals surface area contributed by atoms with Gasteiger partial charge in [0.1, 0.15) is 0 Å². The lowest BCUT2D eigenvalue weighted by Gasteiger charge is -2.28. The van der Waals surface area contributed by atoms with Gasteiger partial charge in [0.15, 0.2) is 0 Å². The standard InChI is InChI=1S/C17H33N3O/c1-14(13-20-8-3-4-9-20)11-19-17(21)10-15(2)16-6-5-7-18-12-16/h14-16,18H,3-13H2,1-2H3,(H,19,21). The number of carbonyl (C=O) groups excluding carboxylic acids is 1. The molecular weight excluding hydrogens is 262 g/mol. The van der Waals surface area contributed by atoms with Crippen molar-refractivity contribution in [2.75, 3.05) is 39.3 Å². The van der Waals surface area contributed by atoms with E-state index >= 15 is 0 Å². The van der Waals surface area contributed by atoms with Gasteiger partial charge in [0, 0.05) is 19.5 Å². The molecule has 4 nitrogen and oxygen atoms in total. The normalized spacial score (nSPS) is 26.5. The molecule has 122 valence electrons. The molecule has 3 unspecified atom stereocenters. The molecule has 0 aromatic heterocycles. The van der Waals surface area contributed by atoms with Gasteiger partial charge in [0.25, 0.3) is 0 Å². The van der Waals surface area contributed by atoms with Crippen LogP contribution in [0.1, 0.15) is 46.0 Å². The van der Waals surface area contributed by atoms with Gasteiger partial charge in [0.2, 0.25) is 5.91 Å². The van der Waals surface area contributed by atoms with Crippen LogP contribution in [0.25, 0.3) is 0 Å². The summed E-state index contributed by atoms with van der Waals surface area (Å²) in [7, 11) is 0. The van der Waals surface area contributed by atoms with E-state index in [0.717, 1.165) is 26.2 Å². The van der Waals surface area contributed by atoms with Crippen LogP contribution in [0, 0.1) is 17.8 Å². The zero-order valence-corrected chi connectivity index (χ0v) is 13.9. The molecule has 0 aliphatic carbocycles. The molecule has 2 rings (SSSR count). The zero-order valence-electron chi connectivity index (χ0n) is 13.9. The number of carbonyl (C=O) groups is 1. The Balaban J connectivity index is 1.59. The fourth-order valence-electron chi connectivity index (χ4n) is 3.65. The summed E-state index contributed by atoms with van der Waals surface area (Å²) >= 11 is 0. The van der Waals surface area contributed by atoms with E-state index in [1.165, 1.54) is 38.8 Å². The van der Waals surface area contributed by atoms with E-state index in [0.29, 0.717) is 24.2 Å². The number of amides is 1. The van der Waals surface area contributed by atoms with Crippen LogP contribution in [-0.2, 0) is 4.79 Å². The third kappa shape index (κ3) is 5.95. The Hall–Kier alpha value is -0.610. The Labute approximate surface area is 130 Å². The second-order valence-electron chi connectivity index (χ2n) is 7.20. The quantitative estimate of drug-likeness (QED) is 0.753. The fourth-order valence-corrected chi connectivity index (χ4v) is 3.65. The van der Waals surface area contributed by atoms with Gasteiger partial charge in [-0.2, -0.15) is 0 Å². The molecule has 1 amide bonds. The fraction of sp³-hybridized carbons (Fsp3) is 0.941. The van der Waals surface area contributed by atoms with Crippen molar-refractivity contribution in [1.82, 2.24) is 15.5 Å². The maximum Gasteiger partial charge on any atom is 0.220 e. The largest absolute Gasteiger partial charge is 0.356 e. The molecule has 0 radical (unpaired) electrons. The van der Waals surface area contributed by atoms with Crippen molar-refractivity contribution in [3.8, 4) is 0 Å². The molecule has 3 atom stereocenters. The van der Waals surface area contributed by atoms with Gasteiger partial charge in [0.05, 0.1) is 0 Å². The smallest absolute Gasteiger partial charge is 0.220 e. The average molecular weight is 295 g/mol. The van der Waals surface area contributed by atoms with Gasteiger partial charge in [-0.1, -0.05) is 13.8 Å². The second kappa shape index (κ2) is 8.74. The van der Waals surface area contributed by atoms with Crippen molar-refractivity contribution < 1.29 is 4.79 Å². The lowest BCUT2D eigenvalue weighted by Crippen LogP contribution is -2.37. The average Bonchev–Trinajstić information content (AvgIpc) is 2.99.